The maximum atomic E-state index is 13.6. The van der Waals surface area contributed by atoms with Gasteiger partial charge in [-0.05, 0) is 55.4 Å². The number of nitrogens with zero attached hydrogens (tertiary/aromatic N) is 6. The number of hydroxylamine groups is 2. The van der Waals surface area contributed by atoms with E-state index < -0.39 is 53.0 Å². The first-order chi connectivity index (χ1) is 22.3. The van der Waals surface area contributed by atoms with Crippen LogP contribution < -0.4 is 16.0 Å². The van der Waals surface area contributed by atoms with Crippen LogP contribution in [0.2, 0.25) is 0 Å². The minimum Gasteiger partial charge on any atom is -0.458 e. The number of rotatable bonds is 10. The summed E-state index contributed by atoms with van der Waals surface area (Å²) in [5.74, 6) is -0.322. The van der Waals surface area contributed by atoms with Gasteiger partial charge < -0.3 is 25.0 Å². The van der Waals surface area contributed by atoms with Crippen LogP contribution in [0.3, 0.4) is 0 Å². The topological polar surface area (TPSA) is 191 Å². The average Bonchev–Trinajstić information content (AvgIpc) is 3.63. The molecule has 4 rings (SSSR count). The summed E-state index contributed by atoms with van der Waals surface area (Å²) in [6.07, 6.45) is 1.49. The molecule has 0 saturated carbocycles. The quantitative estimate of drug-likeness (QED) is 0.0812. The second kappa shape index (κ2) is 13.8. The number of thiazole rings is 1. The van der Waals surface area contributed by atoms with Gasteiger partial charge in [0.1, 0.15) is 39.7 Å². The summed E-state index contributed by atoms with van der Waals surface area (Å²) >= 11 is 1.25. The molecule has 0 aromatic carbocycles. The number of ether oxygens (including phenoxy) is 2. The van der Waals surface area contributed by atoms with E-state index in [2.05, 4.69) is 37.8 Å². The fourth-order valence-electron chi connectivity index (χ4n) is 4.83. The normalized spacial score (nSPS) is 17.9. The van der Waals surface area contributed by atoms with Crippen molar-refractivity contribution in [2.24, 2.45) is 12.2 Å². The molecule has 262 valence electrons. The Labute approximate surface area is 282 Å². The Morgan fingerprint density at radius 1 is 1.10 bits per heavy atom. The number of amides is 4. The van der Waals surface area contributed by atoms with Gasteiger partial charge in [0, 0.05) is 18.0 Å². The Bertz CT molecular complexity index is 1590. The highest BCUT2D eigenvalue weighted by molar-refractivity contribution is 7.10. The Kier molecular flexibility index (Phi) is 10.4. The lowest BCUT2D eigenvalue weighted by molar-refractivity contribution is -0.161. The number of carbonyl (C=O) groups is 4. The van der Waals surface area contributed by atoms with E-state index in [1.165, 1.54) is 41.2 Å². The molecular formula is C30H43N9O8S. The molecule has 4 amide bonds. The van der Waals surface area contributed by atoms with Crippen molar-refractivity contribution in [3.8, 4) is 0 Å². The maximum Gasteiger partial charge on any atom is 0.434 e. The predicted molar refractivity (Wildman–Crippen MR) is 175 cm³/mol. The third-order valence-electron chi connectivity index (χ3n) is 6.77. The molecule has 2 bridgehead atoms. The molecule has 2 atom stereocenters. The van der Waals surface area contributed by atoms with Crippen LogP contribution in [0.15, 0.2) is 29.4 Å². The lowest BCUT2D eigenvalue weighted by Crippen LogP contribution is -2.52. The summed E-state index contributed by atoms with van der Waals surface area (Å²) in [4.78, 5) is 68.5. The lowest BCUT2D eigenvalue weighted by Gasteiger charge is -2.32. The van der Waals surface area contributed by atoms with Crippen LogP contribution in [-0.2, 0) is 37.5 Å². The molecule has 0 radical (unpaired) electrons. The van der Waals surface area contributed by atoms with Crippen molar-refractivity contribution in [1.29, 1.82) is 0 Å². The van der Waals surface area contributed by atoms with Crippen molar-refractivity contribution in [2.75, 3.05) is 18.5 Å². The van der Waals surface area contributed by atoms with Crippen LogP contribution in [0.25, 0.3) is 0 Å². The Morgan fingerprint density at radius 2 is 1.79 bits per heavy atom. The standard InChI is InChI=1S/C30H43N9O8S/c1-11-12-44-39-18-15-38(27(39)43)22(21-17(18)13-32-37(21)10)23(36-47-26(42)35-30(8,9)24(40)45-28(2,3)4)31-14-20-33-19(16-48-20)34-25(41)46-29(5,6)7/h11,13,16,18,22H,1,12,14-15H2,2-10H3,(H,31,36)(H,34,41)(H,35,42)/t18-,22-/m0/s1. The van der Waals surface area contributed by atoms with Crippen molar-refractivity contribution in [3.63, 3.8) is 0 Å². The van der Waals surface area contributed by atoms with Crippen LogP contribution in [-0.4, -0.2) is 84.6 Å². The Hall–Kier alpha value is -4.71. The van der Waals surface area contributed by atoms with Crippen LogP contribution in [0.1, 0.15) is 83.7 Å². The highest BCUT2D eigenvalue weighted by Crippen LogP contribution is 2.44. The number of carbonyl (C=O) groups excluding carboxylic acids is 4. The number of hydrogen-bond acceptors (Lipinski definition) is 12. The molecule has 17 nitrogen and oxygen atoms in total. The van der Waals surface area contributed by atoms with Gasteiger partial charge in [-0.1, -0.05) is 11.2 Å². The molecule has 0 aliphatic carbocycles. The number of hydrogen-bond donors (Lipinski definition) is 3. The monoisotopic (exact) mass is 689 g/mol. The Morgan fingerprint density at radius 3 is 2.44 bits per heavy atom. The molecule has 2 aliphatic heterocycles. The second-order valence-corrected chi connectivity index (χ2v) is 14.5. The minimum absolute atomic E-state index is 0.0688. The third kappa shape index (κ3) is 8.60. The number of nitrogens with one attached hydrogen (secondary N) is 3. The summed E-state index contributed by atoms with van der Waals surface area (Å²) in [7, 11) is 1.72. The van der Waals surface area contributed by atoms with E-state index in [0.717, 1.165) is 5.56 Å². The summed E-state index contributed by atoms with van der Waals surface area (Å²) < 4.78 is 12.3. The number of anilines is 1. The van der Waals surface area contributed by atoms with Crippen LogP contribution >= 0.6 is 11.3 Å². The van der Waals surface area contributed by atoms with Crippen molar-refractivity contribution in [3.05, 3.63) is 40.5 Å². The van der Waals surface area contributed by atoms with Crippen LogP contribution in [0.5, 0.6) is 0 Å². The zero-order chi connectivity index (χ0) is 35.6. The first kappa shape index (κ1) is 36.1. The largest absolute Gasteiger partial charge is 0.458 e. The molecule has 48 heavy (non-hydrogen) atoms. The maximum absolute atomic E-state index is 13.6. The van der Waals surface area contributed by atoms with E-state index in [0.29, 0.717) is 10.7 Å². The molecule has 0 spiro atoms. The molecule has 2 aromatic rings. The number of amidine groups is 1. The summed E-state index contributed by atoms with van der Waals surface area (Å²) in [6, 6.07) is -1.77. The first-order valence-electron chi connectivity index (χ1n) is 15.1. The van der Waals surface area contributed by atoms with E-state index in [1.807, 2.05) is 0 Å². The number of fused-ring (bicyclic) bond motifs is 4. The van der Waals surface area contributed by atoms with Crippen molar-refractivity contribution >= 4 is 47.2 Å². The van der Waals surface area contributed by atoms with E-state index in [1.54, 1.807) is 64.8 Å². The van der Waals surface area contributed by atoms with Gasteiger partial charge in [-0.3, -0.25) is 19.7 Å². The fraction of sp³-hybridized carbons (Fsp3) is 0.567. The summed E-state index contributed by atoms with van der Waals surface area (Å²) in [5, 5.41) is 20.2. The predicted octanol–water partition coefficient (Wildman–Crippen LogP) is 4.12. The lowest BCUT2D eigenvalue weighted by atomic mass is 9.97. The third-order valence-corrected chi connectivity index (χ3v) is 7.62. The number of urea groups is 1. The fourth-order valence-corrected chi connectivity index (χ4v) is 5.49. The molecule has 2 aliphatic rings. The van der Waals surface area contributed by atoms with Gasteiger partial charge in [0.05, 0.1) is 31.6 Å². The van der Waals surface area contributed by atoms with Crippen molar-refractivity contribution in [2.45, 2.75) is 90.8 Å². The minimum atomic E-state index is -1.45. The molecule has 2 aromatic heterocycles. The van der Waals surface area contributed by atoms with Gasteiger partial charge in [0.25, 0.3) is 0 Å². The van der Waals surface area contributed by atoms with Crippen LogP contribution in [0.4, 0.5) is 20.2 Å². The molecule has 1 saturated heterocycles. The average molecular weight is 690 g/mol. The smallest absolute Gasteiger partial charge is 0.434 e. The zero-order valence-electron chi connectivity index (χ0n) is 28.6. The molecule has 18 heteroatoms. The van der Waals surface area contributed by atoms with Gasteiger partial charge in [-0.15, -0.1) is 17.9 Å². The van der Waals surface area contributed by atoms with E-state index >= 15 is 0 Å². The second-order valence-electron chi connectivity index (χ2n) is 13.6. The number of aromatic nitrogens is 3. The number of esters is 1. The van der Waals surface area contributed by atoms with E-state index in [4.69, 9.17) is 19.1 Å². The number of aryl methyl sites for hydroxylation is 1. The van der Waals surface area contributed by atoms with E-state index in [9.17, 15) is 19.2 Å². The molecule has 1 fully saturated rings. The van der Waals surface area contributed by atoms with Crippen molar-refractivity contribution in [1.82, 2.24) is 35.4 Å². The SMILES string of the molecule is C=CCON1C(=O)N2C[C@H]1c1cnn(C)c1[C@H]2/C(=N/OC(=O)NC(C)(C)C(=O)OC(C)(C)C)NCc1nc(NC(=O)OC(C)(C)C)cs1. The van der Waals surface area contributed by atoms with Crippen LogP contribution in [0, 0.1) is 0 Å². The molecular weight excluding hydrogens is 646 g/mol. The van der Waals surface area contributed by atoms with Gasteiger partial charge in [0.15, 0.2) is 5.84 Å². The number of oxime groups is 1. The van der Waals surface area contributed by atoms with Crippen molar-refractivity contribution < 1.29 is 38.3 Å². The summed E-state index contributed by atoms with van der Waals surface area (Å²) in [5.41, 5.74) is -1.59. The highest BCUT2D eigenvalue weighted by Gasteiger charge is 2.52. The highest BCUT2D eigenvalue weighted by atomic mass is 32.1. The first-order valence-corrected chi connectivity index (χ1v) is 16.0. The summed E-state index contributed by atoms with van der Waals surface area (Å²) in [6.45, 7) is 17.4. The van der Waals surface area contributed by atoms with E-state index in [-0.39, 0.29) is 31.3 Å². The van der Waals surface area contributed by atoms with Gasteiger partial charge in [-0.25, -0.2) is 24.2 Å². The van der Waals surface area contributed by atoms with Gasteiger partial charge in [-0.2, -0.15) is 10.2 Å². The zero-order valence-corrected chi connectivity index (χ0v) is 29.4. The molecule has 4 heterocycles. The molecule has 0 unspecified atom stereocenters. The van der Waals surface area contributed by atoms with Gasteiger partial charge >= 0.3 is 24.2 Å². The molecule has 3 N–H and O–H groups in total. The van der Waals surface area contributed by atoms with Gasteiger partial charge in [0.2, 0.25) is 0 Å². The Balaban J connectivity index is 1.61.